The lowest BCUT2D eigenvalue weighted by atomic mass is 10.1. The van der Waals surface area contributed by atoms with E-state index in [0.29, 0.717) is 19.4 Å². The van der Waals surface area contributed by atoms with Crippen LogP contribution in [-0.2, 0) is 13.6 Å². The Kier molecular flexibility index (Phi) is 20.5. The van der Waals surface area contributed by atoms with Gasteiger partial charge in [0.05, 0.1) is 46.6 Å². The molecule has 0 fully saturated rings. The summed E-state index contributed by atoms with van der Waals surface area (Å²) >= 11 is 0. The summed E-state index contributed by atoms with van der Waals surface area (Å²) in [5.74, 6) is 0. The van der Waals surface area contributed by atoms with Gasteiger partial charge in [0.1, 0.15) is 0 Å². The summed E-state index contributed by atoms with van der Waals surface area (Å²) in [6.45, 7) is 9.15. The lowest BCUT2D eigenvalue weighted by Crippen LogP contribution is -3.00. The molecular weight excluding hydrogens is 425 g/mol. The van der Waals surface area contributed by atoms with Crippen LogP contribution in [0.25, 0.3) is 0 Å². The fraction of sp³-hybridized carbons (Fsp3) is 1.00. The third-order valence-corrected chi connectivity index (χ3v) is 7.13. The van der Waals surface area contributed by atoms with Crippen molar-refractivity contribution in [1.29, 1.82) is 0 Å². The third kappa shape index (κ3) is 18.4. The number of hydrogen-bond donors (Lipinski definition) is 0. The van der Waals surface area contributed by atoms with Crippen molar-refractivity contribution in [2.75, 3.05) is 46.6 Å². The molecule has 0 aliphatic heterocycles. The molecule has 0 saturated carbocycles. The van der Waals surface area contributed by atoms with Gasteiger partial charge in [0.25, 0.3) is 0 Å². The van der Waals surface area contributed by atoms with Crippen molar-refractivity contribution in [3.63, 3.8) is 0 Å². The normalized spacial score (nSPS) is 12.2. The molecule has 166 valence electrons. The molecule has 0 aliphatic carbocycles. The first-order valence-electron chi connectivity index (χ1n) is 11.1. The quantitative estimate of drug-likeness (QED) is 0.164. The fourth-order valence-electron chi connectivity index (χ4n) is 3.39. The lowest BCUT2D eigenvalue weighted by molar-refractivity contribution is -0.890. The zero-order valence-electron chi connectivity index (χ0n) is 18.8. The number of halogens is 1. The van der Waals surface area contributed by atoms with Crippen LogP contribution in [0, 0.1) is 0 Å². The topological polar surface area (TPSA) is 35.5 Å². The summed E-state index contributed by atoms with van der Waals surface area (Å²) in [6, 6.07) is 0. The summed E-state index contributed by atoms with van der Waals surface area (Å²) in [5.41, 5.74) is 0. The summed E-state index contributed by atoms with van der Waals surface area (Å²) < 4.78 is 24.2. The van der Waals surface area contributed by atoms with E-state index in [0.717, 1.165) is 17.4 Å². The van der Waals surface area contributed by atoms with E-state index in [9.17, 15) is 4.57 Å². The Morgan fingerprint density at radius 1 is 0.667 bits per heavy atom. The minimum atomic E-state index is -2.87. The second-order valence-electron chi connectivity index (χ2n) is 8.09. The number of nitrogens with zero attached hydrogens (tertiary/aromatic N) is 1. The summed E-state index contributed by atoms with van der Waals surface area (Å²) in [4.78, 5) is 0. The number of quaternary nitrogens is 1. The van der Waals surface area contributed by atoms with E-state index in [1.54, 1.807) is 0 Å². The maximum Gasteiger partial charge on any atom is 0.330 e. The molecule has 0 atom stereocenters. The average molecular weight is 472 g/mol. The predicted molar refractivity (Wildman–Crippen MR) is 114 cm³/mol. The van der Waals surface area contributed by atoms with Gasteiger partial charge in [-0.05, 0) is 26.7 Å². The summed E-state index contributed by atoms with van der Waals surface area (Å²) in [7, 11) is 1.69. The maximum absolute atomic E-state index is 12.5. The van der Waals surface area contributed by atoms with Crippen LogP contribution in [0.2, 0.25) is 0 Å². The molecule has 0 aromatic carbocycles. The van der Waals surface area contributed by atoms with Crippen LogP contribution in [-0.4, -0.2) is 51.0 Å². The van der Waals surface area contributed by atoms with Gasteiger partial charge in [0, 0.05) is 6.42 Å². The molecule has 0 aromatic heterocycles. The van der Waals surface area contributed by atoms with Crippen molar-refractivity contribution >= 4 is 7.60 Å². The Balaban J connectivity index is 0. The van der Waals surface area contributed by atoms with Gasteiger partial charge in [-0.15, -0.1) is 0 Å². The van der Waals surface area contributed by atoms with Crippen molar-refractivity contribution in [2.45, 2.75) is 91.4 Å². The summed E-state index contributed by atoms with van der Waals surface area (Å²) in [5, 5.41) is 0. The Bertz CT molecular complexity index is 357. The third-order valence-electron chi connectivity index (χ3n) is 4.96. The molecule has 0 bridgehead atoms. The van der Waals surface area contributed by atoms with E-state index in [1.165, 1.54) is 70.8 Å². The zero-order chi connectivity index (χ0) is 19.7. The molecule has 0 N–H and O–H groups in total. The van der Waals surface area contributed by atoms with Crippen molar-refractivity contribution in [3.8, 4) is 0 Å². The Hall–Kier alpha value is 0.590. The van der Waals surface area contributed by atoms with Crippen LogP contribution in [0.1, 0.15) is 91.4 Å². The monoisotopic (exact) mass is 471 g/mol. The van der Waals surface area contributed by atoms with Crippen LogP contribution in [0.5, 0.6) is 0 Å². The number of hydrogen-bond acceptors (Lipinski definition) is 3. The molecular formula is C21H47BrNO3P. The minimum Gasteiger partial charge on any atom is -1.00 e. The number of unbranched alkanes of at least 4 members (excludes halogenated alkanes) is 9. The van der Waals surface area contributed by atoms with E-state index in [4.69, 9.17) is 9.05 Å². The first kappa shape index (κ1) is 29.8. The fourth-order valence-corrected chi connectivity index (χ4v) is 5.04. The number of rotatable bonds is 19. The van der Waals surface area contributed by atoms with Crippen LogP contribution in [0.3, 0.4) is 0 Å². The van der Waals surface area contributed by atoms with Gasteiger partial charge in [-0.25, -0.2) is 0 Å². The molecule has 0 rings (SSSR count). The molecule has 0 radical (unpaired) electrons. The molecule has 0 saturated heterocycles. The van der Waals surface area contributed by atoms with Gasteiger partial charge in [0.2, 0.25) is 0 Å². The average Bonchev–Trinajstić information content (AvgIpc) is 2.56. The van der Waals surface area contributed by atoms with Crippen molar-refractivity contribution in [3.05, 3.63) is 0 Å². The highest BCUT2D eigenvalue weighted by Crippen LogP contribution is 2.48. The van der Waals surface area contributed by atoms with E-state index in [2.05, 4.69) is 21.0 Å². The molecule has 4 nitrogen and oxygen atoms in total. The Morgan fingerprint density at radius 2 is 1.07 bits per heavy atom. The highest BCUT2D eigenvalue weighted by atomic mass is 79.9. The molecule has 0 spiro atoms. The first-order chi connectivity index (χ1) is 12.4. The van der Waals surface area contributed by atoms with Gasteiger partial charge >= 0.3 is 7.60 Å². The van der Waals surface area contributed by atoms with E-state index in [1.807, 2.05) is 13.8 Å². The van der Waals surface area contributed by atoms with E-state index >= 15 is 0 Å². The Labute approximate surface area is 180 Å². The van der Waals surface area contributed by atoms with Gasteiger partial charge in [-0.1, -0.05) is 58.3 Å². The highest BCUT2D eigenvalue weighted by molar-refractivity contribution is 7.53. The van der Waals surface area contributed by atoms with Gasteiger partial charge < -0.3 is 30.5 Å². The van der Waals surface area contributed by atoms with Crippen molar-refractivity contribution in [1.82, 2.24) is 0 Å². The SMILES string of the molecule is CCCCCCCCCCCC[N+](C)(C)CCCP(=O)(OCC)OCC.[Br-]. The van der Waals surface area contributed by atoms with Crippen LogP contribution in [0.15, 0.2) is 0 Å². The van der Waals surface area contributed by atoms with E-state index < -0.39 is 7.60 Å². The second-order valence-corrected chi connectivity index (χ2v) is 10.3. The molecule has 6 heteroatoms. The lowest BCUT2D eigenvalue weighted by Gasteiger charge is -2.30. The molecule has 27 heavy (non-hydrogen) atoms. The summed E-state index contributed by atoms with van der Waals surface area (Å²) in [6.07, 6.45) is 15.2. The van der Waals surface area contributed by atoms with E-state index in [-0.39, 0.29) is 17.0 Å². The van der Waals surface area contributed by atoms with Crippen LogP contribution >= 0.6 is 7.60 Å². The van der Waals surface area contributed by atoms with Crippen LogP contribution < -0.4 is 17.0 Å². The molecule has 0 amide bonds. The van der Waals surface area contributed by atoms with Crippen molar-refractivity contribution < 1.29 is 35.1 Å². The highest BCUT2D eigenvalue weighted by Gasteiger charge is 2.25. The minimum absolute atomic E-state index is 0. The van der Waals surface area contributed by atoms with Crippen LogP contribution in [0.4, 0.5) is 0 Å². The maximum atomic E-state index is 12.5. The van der Waals surface area contributed by atoms with Gasteiger partial charge in [-0.3, -0.25) is 4.57 Å². The predicted octanol–water partition coefficient (Wildman–Crippen LogP) is 3.64. The smallest absolute Gasteiger partial charge is 0.330 e. The zero-order valence-corrected chi connectivity index (χ0v) is 21.3. The molecule has 0 unspecified atom stereocenters. The Morgan fingerprint density at radius 3 is 1.52 bits per heavy atom. The molecule has 0 heterocycles. The molecule has 0 aliphatic rings. The standard InChI is InChI=1S/C21H47NO3P.BrH/c1-6-9-10-11-12-13-14-15-16-17-19-22(4,5)20-18-21-26(23,24-7-2)25-8-3;/h6-21H2,1-5H3;1H/q+1;/p-1. The van der Waals surface area contributed by atoms with Gasteiger partial charge in [0.15, 0.2) is 0 Å². The van der Waals surface area contributed by atoms with Gasteiger partial charge in [-0.2, -0.15) is 0 Å². The first-order valence-corrected chi connectivity index (χ1v) is 12.8. The molecule has 0 aromatic rings. The largest absolute Gasteiger partial charge is 1.00 e. The van der Waals surface area contributed by atoms with Crippen molar-refractivity contribution in [2.24, 2.45) is 0 Å². The second kappa shape index (κ2) is 18.6.